The van der Waals surface area contributed by atoms with Gasteiger partial charge in [-0.1, -0.05) is 20.8 Å². The van der Waals surface area contributed by atoms with Crippen molar-refractivity contribution in [3.05, 3.63) is 71.2 Å². The summed E-state index contributed by atoms with van der Waals surface area (Å²) in [5.41, 5.74) is -0.197. The van der Waals surface area contributed by atoms with Crippen LogP contribution in [-0.4, -0.2) is 76.1 Å². The number of anilines is 1. The Kier molecular flexibility index (Phi) is 10.1. The maximum atomic E-state index is 13.9. The van der Waals surface area contributed by atoms with Crippen molar-refractivity contribution in [2.24, 2.45) is 0 Å². The monoisotopic (exact) mass is 657 g/mol. The molecule has 0 spiro atoms. The first-order chi connectivity index (χ1) is 21.4. The molecule has 1 aliphatic rings. The van der Waals surface area contributed by atoms with Crippen LogP contribution < -0.4 is 14.8 Å². The number of carbonyl (C=O) groups is 2. The molecular weight excluding hydrogens is 616 g/mol. The molecule has 0 bridgehead atoms. The van der Waals surface area contributed by atoms with Crippen LogP contribution in [0.2, 0.25) is 18.1 Å². The van der Waals surface area contributed by atoms with Crippen LogP contribution in [-0.2, 0) is 15.8 Å². The van der Waals surface area contributed by atoms with Gasteiger partial charge >= 0.3 is 0 Å². The van der Waals surface area contributed by atoms with Crippen LogP contribution in [0.25, 0.3) is 0 Å². The van der Waals surface area contributed by atoms with Crippen LogP contribution in [0.15, 0.2) is 43.0 Å². The van der Waals surface area contributed by atoms with Crippen LogP contribution >= 0.6 is 0 Å². The zero-order valence-corrected chi connectivity index (χ0v) is 28.4. The van der Waals surface area contributed by atoms with Crippen molar-refractivity contribution < 1.29 is 32.3 Å². The van der Waals surface area contributed by atoms with Crippen LogP contribution in [0.4, 0.5) is 14.6 Å². The third-order valence-corrected chi connectivity index (χ3v) is 13.1. The number of piperazine rings is 1. The van der Waals surface area contributed by atoms with E-state index in [1.165, 1.54) is 18.5 Å². The lowest BCUT2D eigenvalue weighted by molar-refractivity contribution is -0.619. The molecule has 12 nitrogen and oxygen atoms in total. The number of rotatable bonds is 9. The number of amides is 2. The number of nitrogens with one attached hydrogen (secondary N) is 1. The highest BCUT2D eigenvalue weighted by Gasteiger charge is 2.41. The van der Waals surface area contributed by atoms with Crippen molar-refractivity contribution in [3.8, 4) is 11.6 Å². The van der Waals surface area contributed by atoms with Crippen LogP contribution in [0.1, 0.15) is 57.7 Å². The van der Waals surface area contributed by atoms with E-state index in [1.807, 2.05) is 18.7 Å². The van der Waals surface area contributed by atoms with E-state index in [2.05, 4.69) is 54.1 Å². The lowest BCUT2D eigenvalue weighted by Crippen LogP contribution is -2.63. The van der Waals surface area contributed by atoms with Gasteiger partial charge in [0.05, 0.1) is 30.6 Å². The predicted octanol–water partition coefficient (Wildman–Crippen LogP) is 4.66. The fourth-order valence-corrected chi connectivity index (χ4v) is 5.62. The first-order valence-corrected chi connectivity index (χ1v) is 17.8. The minimum Gasteiger partial charge on any atom is -0.711 e. The van der Waals surface area contributed by atoms with Gasteiger partial charge in [0, 0.05) is 31.8 Å². The van der Waals surface area contributed by atoms with E-state index in [1.54, 1.807) is 11.8 Å². The number of hydrogen-bond acceptors (Lipinski definition) is 9. The molecule has 0 saturated carbocycles. The molecule has 3 heterocycles. The minimum absolute atomic E-state index is 0.0349. The molecule has 1 unspecified atom stereocenters. The Bertz CT molecular complexity index is 1580. The Labute approximate surface area is 268 Å². The van der Waals surface area contributed by atoms with Gasteiger partial charge in [-0.2, -0.15) is 0 Å². The summed E-state index contributed by atoms with van der Waals surface area (Å²) in [7, 11) is -2.13. The maximum Gasteiger partial charge on any atom is 0.298 e. The number of hydrogen-bond donors (Lipinski definition) is 1. The summed E-state index contributed by atoms with van der Waals surface area (Å²) < 4.78 is 39.2. The zero-order chi connectivity index (χ0) is 34.0. The van der Waals surface area contributed by atoms with E-state index in [0.29, 0.717) is 36.1 Å². The zero-order valence-electron chi connectivity index (χ0n) is 27.4. The number of nitrogens with zero attached hydrogens (tertiary/aromatic N) is 6. The summed E-state index contributed by atoms with van der Waals surface area (Å²) in [6.45, 7) is 17.3. The molecule has 4 rings (SSSR count). The summed E-state index contributed by atoms with van der Waals surface area (Å²) >= 11 is 0. The molecule has 1 atom stereocenters. The van der Waals surface area contributed by atoms with E-state index >= 15 is 0 Å². The van der Waals surface area contributed by atoms with Crippen LogP contribution in [0.3, 0.4) is 0 Å². The Morgan fingerprint density at radius 2 is 1.85 bits per heavy atom. The molecule has 0 radical (unpaired) electrons. The molecule has 2 aromatic heterocycles. The largest absolute Gasteiger partial charge is 0.711 e. The summed E-state index contributed by atoms with van der Waals surface area (Å²) in [4.78, 5) is 42.7. The number of benzene rings is 1. The molecular formula is C31H41F2N7O5Si. The molecule has 15 heteroatoms. The molecule has 1 fully saturated rings. The lowest BCUT2D eigenvalue weighted by atomic mass is 9.96. The predicted molar refractivity (Wildman–Crippen MR) is 168 cm³/mol. The minimum atomic E-state index is -2.13. The van der Waals surface area contributed by atoms with Gasteiger partial charge in [0.25, 0.3) is 12.2 Å². The Morgan fingerprint density at radius 3 is 2.46 bits per heavy atom. The van der Waals surface area contributed by atoms with Gasteiger partial charge in [0.1, 0.15) is 11.5 Å². The molecule has 1 saturated heterocycles. The number of ether oxygens (including phenoxy) is 1. The highest BCUT2D eigenvalue weighted by Crippen LogP contribution is 2.37. The van der Waals surface area contributed by atoms with Gasteiger partial charge in [0.15, 0.2) is 25.7 Å². The van der Waals surface area contributed by atoms with Gasteiger partial charge < -0.3 is 24.6 Å². The van der Waals surface area contributed by atoms with Gasteiger partial charge in [-0.3, -0.25) is 14.5 Å². The summed E-state index contributed by atoms with van der Waals surface area (Å²) in [5.74, 6) is -2.35. The van der Waals surface area contributed by atoms with Crippen molar-refractivity contribution in [3.63, 3.8) is 0 Å². The topological polar surface area (TPSA) is 137 Å². The second kappa shape index (κ2) is 13.3. The smallest absolute Gasteiger partial charge is 0.298 e. The second-order valence-corrected chi connectivity index (χ2v) is 18.3. The lowest BCUT2D eigenvalue weighted by Gasteiger charge is -2.48. The number of halogens is 2. The Balaban J connectivity index is 1.36. The summed E-state index contributed by atoms with van der Waals surface area (Å²) in [6, 6.07) is 3.81. The molecule has 46 heavy (non-hydrogen) atoms. The Hall–Kier alpha value is -4.08. The molecule has 2 amide bonds. The van der Waals surface area contributed by atoms with Gasteiger partial charge in [0.2, 0.25) is 17.5 Å². The Morgan fingerprint density at radius 1 is 1.13 bits per heavy atom. The fraction of sp³-hybridized carbons (Fsp3) is 0.484. The third kappa shape index (κ3) is 8.00. The summed E-state index contributed by atoms with van der Waals surface area (Å²) in [6.07, 6.45) is 3.58. The van der Waals surface area contributed by atoms with Crippen molar-refractivity contribution in [2.75, 3.05) is 25.0 Å². The van der Waals surface area contributed by atoms with Crippen molar-refractivity contribution in [2.45, 2.75) is 77.9 Å². The highest BCUT2D eigenvalue weighted by molar-refractivity contribution is 6.74. The van der Waals surface area contributed by atoms with E-state index in [-0.39, 0.29) is 46.6 Å². The molecule has 3 aromatic rings. The average Bonchev–Trinajstić information content (AvgIpc) is 2.97. The normalized spacial score (nSPS) is 16.2. The first-order valence-electron chi connectivity index (χ1n) is 14.9. The standard InChI is InChI=1S/C31H41F2N7O5Si/c1-20(28(41)37-26-15-35-27(16-34-26)45-25-10-9-21(32)13-23(25)33)38-11-12-39(31(5,6)18-38)29(42)24-14-22(40(43)19-36-24)17-44-46(7,8)30(2,3)4/h9-10,13-16,19-20H,11-12,17-18H2,1-8H3,(H,34,37,41). The second-order valence-electron chi connectivity index (χ2n) is 13.5. The molecule has 1 aromatic carbocycles. The number of carbonyl (C=O) groups excluding carboxylic acids is 2. The maximum absolute atomic E-state index is 13.9. The quantitative estimate of drug-likeness (QED) is 0.198. The molecule has 1 aliphatic heterocycles. The van der Waals surface area contributed by atoms with E-state index in [0.717, 1.165) is 18.5 Å². The molecule has 248 valence electrons. The van der Waals surface area contributed by atoms with Gasteiger partial charge in [-0.05, 0) is 56.0 Å². The third-order valence-electron chi connectivity index (χ3n) is 8.59. The fourth-order valence-electron chi connectivity index (χ4n) is 4.68. The van der Waals surface area contributed by atoms with E-state index in [4.69, 9.17) is 9.16 Å². The van der Waals surface area contributed by atoms with Crippen molar-refractivity contribution >= 4 is 25.9 Å². The van der Waals surface area contributed by atoms with Gasteiger partial charge in [-0.15, -0.1) is 0 Å². The van der Waals surface area contributed by atoms with Crippen molar-refractivity contribution in [1.82, 2.24) is 24.8 Å². The first kappa shape index (κ1) is 34.8. The van der Waals surface area contributed by atoms with E-state index < -0.39 is 31.5 Å². The average molecular weight is 658 g/mol. The molecule has 1 N–H and O–H groups in total. The SMILES string of the molecule is CC(C(=O)Nc1cnc(Oc2ccc(F)cc2F)cn1)N1CCN(C(=O)c2cc(CO[Si](C)(C)C(C)(C)C)[n+]([O-])cn2)C(C)(C)C1. The van der Waals surface area contributed by atoms with Crippen molar-refractivity contribution in [1.29, 1.82) is 0 Å². The van der Waals surface area contributed by atoms with Crippen LogP contribution in [0, 0.1) is 16.8 Å². The van der Waals surface area contributed by atoms with E-state index in [9.17, 15) is 23.6 Å². The van der Waals surface area contributed by atoms with Gasteiger partial charge in [-0.25, -0.2) is 23.5 Å². The highest BCUT2D eigenvalue weighted by atomic mass is 28.4. The summed E-state index contributed by atoms with van der Waals surface area (Å²) in [5, 5.41) is 15.1. The molecule has 0 aliphatic carbocycles. The number of aromatic nitrogens is 4. The van der Waals surface area contributed by atoms with Crippen LogP contribution in [0.5, 0.6) is 11.6 Å².